The van der Waals surface area contributed by atoms with Gasteiger partial charge in [0, 0.05) is 25.1 Å². The highest BCUT2D eigenvalue weighted by Gasteiger charge is 2.20. The third kappa shape index (κ3) is 4.38. The summed E-state index contributed by atoms with van der Waals surface area (Å²) in [6, 6.07) is 11.8. The predicted octanol–water partition coefficient (Wildman–Crippen LogP) is 4.23. The van der Waals surface area contributed by atoms with Crippen molar-refractivity contribution in [3.05, 3.63) is 69.8 Å². The molecule has 27 heavy (non-hydrogen) atoms. The normalized spacial score (nSPS) is 15.1. The topological polar surface area (TPSA) is 49.4 Å². The van der Waals surface area contributed by atoms with Crippen LogP contribution >= 0.6 is 0 Å². The number of hydrogen-bond donors (Lipinski definition) is 1. The van der Waals surface area contributed by atoms with E-state index in [1.807, 2.05) is 36.1 Å². The van der Waals surface area contributed by atoms with Gasteiger partial charge in [-0.15, -0.1) is 0 Å². The highest BCUT2D eigenvalue weighted by atomic mass is 16.2. The number of carbonyl (C=O) groups excluding carboxylic acids is 2. The summed E-state index contributed by atoms with van der Waals surface area (Å²) in [7, 11) is 0. The van der Waals surface area contributed by atoms with Gasteiger partial charge >= 0.3 is 0 Å². The van der Waals surface area contributed by atoms with Crippen LogP contribution in [0.4, 0.5) is 0 Å². The summed E-state index contributed by atoms with van der Waals surface area (Å²) in [5.41, 5.74) is 6.53. The van der Waals surface area contributed by atoms with Crippen molar-refractivity contribution < 1.29 is 9.59 Å². The first kappa shape index (κ1) is 19.2. The number of carbonyl (C=O) groups is 2. The molecule has 1 fully saturated rings. The number of nitrogens with one attached hydrogen (secondary N) is 1. The Kier molecular flexibility index (Phi) is 5.64. The summed E-state index contributed by atoms with van der Waals surface area (Å²) in [5, 5.41) is 3.10. The van der Waals surface area contributed by atoms with E-state index in [0.717, 1.165) is 24.1 Å². The fraction of sp³-hybridized carbons (Fsp3) is 0.391. The quantitative estimate of drug-likeness (QED) is 0.863. The second-order valence-corrected chi connectivity index (χ2v) is 7.60. The fourth-order valence-electron chi connectivity index (χ4n) is 3.66. The molecule has 0 saturated carbocycles. The molecule has 0 spiro atoms. The molecule has 1 saturated heterocycles. The summed E-state index contributed by atoms with van der Waals surface area (Å²) in [4.78, 5) is 26.2. The molecule has 1 aliphatic heterocycles. The number of nitrogens with zero attached hydrogens (tertiary/aromatic N) is 1. The summed E-state index contributed by atoms with van der Waals surface area (Å²) < 4.78 is 0. The van der Waals surface area contributed by atoms with Crippen molar-refractivity contribution in [1.82, 2.24) is 10.2 Å². The third-order valence-corrected chi connectivity index (χ3v) is 5.46. The third-order valence-electron chi connectivity index (χ3n) is 5.46. The first-order valence-corrected chi connectivity index (χ1v) is 9.60. The van der Waals surface area contributed by atoms with Gasteiger partial charge < -0.3 is 10.2 Å². The average Bonchev–Trinajstić information content (AvgIpc) is 3.03. The fourth-order valence-corrected chi connectivity index (χ4v) is 3.66. The Hall–Kier alpha value is -2.62. The van der Waals surface area contributed by atoms with Gasteiger partial charge in [-0.1, -0.05) is 24.3 Å². The van der Waals surface area contributed by atoms with Gasteiger partial charge in [0.1, 0.15) is 0 Å². The lowest BCUT2D eigenvalue weighted by atomic mass is 9.96. The van der Waals surface area contributed by atoms with Gasteiger partial charge in [-0.2, -0.15) is 0 Å². The van der Waals surface area contributed by atoms with Crippen LogP contribution < -0.4 is 5.32 Å². The van der Waals surface area contributed by atoms with E-state index >= 15 is 0 Å². The lowest BCUT2D eigenvalue weighted by Gasteiger charge is -2.19. The van der Waals surface area contributed by atoms with Crippen LogP contribution in [0.25, 0.3) is 0 Å². The second-order valence-electron chi connectivity index (χ2n) is 7.60. The van der Waals surface area contributed by atoms with Crippen molar-refractivity contribution in [2.24, 2.45) is 0 Å². The van der Waals surface area contributed by atoms with E-state index in [-0.39, 0.29) is 17.9 Å². The Labute approximate surface area is 161 Å². The van der Waals surface area contributed by atoms with Gasteiger partial charge in [0.15, 0.2) is 0 Å². The molecular weight excluding hydrogens is 336 g/mol. The standard InChI is InChI=1S/C23H28N2O2/c1-15-12-17(3)21(13-16(15)2)18(4)24-23(27)20-9-7-19(8-10-20)14-25-11-5-6-22(25)26/h7-10,12-13,18H,5-6,11,14H2,1-4H3,(H,24,27). The van der Waals surface area contributed by atoms with Crippen LogP contribution in [0.5, 0.6) is 0 Å². The molecule has 1 heterocycles. The minimum absolute atomic E-state index is 0.0568. The summed E-state index contributed by atoms with van der Waals surface area (Å²) in [6.07, 6.45) is 1.59. The minimum atomic E-state index is -0.0797. The van der Waals surface area contributed by atoms with Gasteiger partial charge in [-0.3, -0.25) is 9.59 Å². The van der Waals surface area contributed by atoms with Crippen molar-refractivity contribution in [2.45, 2.75) is 53.1 Å². The van der Waals surface area contributed by atoms with Gasteiger partial charge in [0.2, 0.25) is 5.91 Å². The zero-order valence-corrected chi connectivity index (χ0v) is 16.6. The minimum Gasteiger partial charge on any atom is -0.346 e. The lowest BCUT2D eigenvalue weighted by molar-refractivity contribution is -0.128. The summed E-state index contributed by atoms with van der Waals surface area (Å²) in [6.45, 7) is 9.75. The van der Waals surface area contributed by atoms with E-state index in [2.05, 4.69) is 38.2 Å². The van der Waals surface area contributed by atoms with Crippen molar-refractivity contribution in [3.63, 3.8) is 0 Å². The largest absolute Gasteiger partial charge is 0.346 e. The van der Waals surface area contributed by atoms with Crippen LogP contribution in [0, 0.1) is 20.8 Å². The number of amides is 2. The number of aryl methyl sites for hydroxylation is 3. The van der Waals surface area contributed by atoms with Gasteiger partial charge in [-0.25, -0.2) is 0 Å². The SMILES string of the molecule is Cc1cc(C)c(C(C)NC(=O)c2ccc(CN3CCCC3=O)cc2)cc1C. The van der Waals surface area contributed by atoms with Crippen LogP contribution in [0.3, 0.4) is 0 Å². The maximum absolute atomic E-state index is 12.6. The molecule has 142 valence electrons. The van der Waals surface area contributed by atoms with Gasteiger partial charge in [0.05, 0.1) is 6.04 Å². The van der Waals surface area contributed by atoms with E-state index in [1.54, 1.807) is 0 Å². The number of rotatable bonds is 5. The Morgan fingerprint density at radius 3 is 2.37 bits per heavy atom. The zero-order valence-electron chi connectivity index (χ0n) is 16.6. The van der Waals surface area contributed by atoms with Crippen LogP contribution in [0.2, 0.25) is 0 Å². The molecule has 0 radical (unpaired) electrons. The highest BCUT2D eigenvalue weighted by molar-refractivity contribution is 5.94. The van der Waals surface area contributed by atoms with Crippen molar-refractivity contribution >= 4 is 11.8 Å². The molecular formula is C23H28N2O2. The number of hydrogen-bond acceptors (Lipinski definition) is 2. The summed E-state index contributed by atoms with van der Waals surface area (Å²) in [5.74, 6) is 0.137. The maximum atomic E-state index is 12.6. The van der Waals surface area contributed by atoms with Crippen LogP contribution in [-0.4, -0.2) is 23.3 Å². The molecule has 2 aromatic rings. The van der Waals surface area contributed by atoms with Crippen LogP contribution in [-0.2, 0) is 11.3 Å². The molecule has 1 N–H and O–H groups in total. The number of likely N-dealkylation sites (tertiary alicyclic amines) is 1. The molecule has 4 heteroatoms. The highest BCUT2D eigenvalue weighted by Crippen LogP contribution is 2.22. The van der Waals surface area contributed by atoms with Gasteiger partial charge in [-0.05, 0) is 74.1 Å². The first-order chi connectivity index (χ1) is 12.8. The summed E-state index contributed by atoms with van der Waals surface area (Å²) >= 11 is 0. The molecule has 4 nitrogen and oxygen atoms in total. The average molecular weight is 364 g/mol. The first-order valence-electron chi connectivity index (χ1n) is 9.60. The Bertz CT molecular complexity index is 855. The van der Waals surface area contributed by atoms with E-state index in [1.165, 1.54) is 16.7 Å². The second kappa shape index (κ2) is 7.95. The smallest absolute Gasteiger partial charge is 0.251 e. The Balaban J connectivity index is 1.65. The predicted molar refractivity (Wildman–Crippen MR) is 108 cm³/mol. The van der Waals surface area contributed by atoms with E-state index < -0.39 is 0 Å². The molecule has 0 aliphatic carbocycles. The van der Waals surface area contributed by atoms with Crippen LogP contribution in [0.1, 0.15) is 64.0 Å². The Morgan fingerprint density at radius 1 is 1.07 bits per heavy atom. The molecule has 2 aromatic carbocycles. The van der Waals surface area contributed by atoms with Crippen molar-refractivity contribution in [2.75, 3.05) is 6.54 Å². The number of benzene rings is 2. The van der Waals surface area contributed by atoms with E-state index in [9.17, 15) is 9.59 Å². The molecule has 0 aromatic heterocycles. The maximum Gasteiger partial charge on any atom is 0.251 e. The molecule has 1 unspecified atom stereocenters. The molecule has 0 bridgehead atoms. The molecule has 1 aliphatic rings. The zero-order chi connectivity index (χ0) is 19.6. The van der Waals surface area contributed by atoms with Crippen molar-refractivity contribution in [3.8, 4) is 0 Å². The van der Waals surface area contributed by atoms with Crippen LogP contribution in [0.15, 0.2) is 36.4 Å². The molecule has 3 rings (SSSR count). The van der Waals surface area contributed by atoms with Crippen molar-refractivity contribution in [1.29, 1.82) is 0 Å². The lowest BCUT2D eigenvalue weighted by Crippen LogP contribution is -2.27. The van der Waals surface area contributed by atoms with Gasteiger partial charge in [0.25, 0.3) is 5.91 Å². The Morgan fingerprint density at radius 2 is 1.74 bits per heavy atom. The molecule has 1 atom stereocenters. The van der Waals surface area contributed by atoms with E-state index in [4.69, 9.17) is 0 Å². The van der Waals surface area contributed by atoms with E-state index in [0.29, 0.717) is 18.5 Å². The monoisotopic (exact) mass is 364 g/mol. The molecule has 2 amide bonds.